The lowest BCUT2D eigenvalue weighted by Gasteiger charge is -2.27. The number of hydrogen-bond donors (Lipinski definition) is 0. The molecule has 0 N–H and O–H groups in total. The molecule has 188 valence electrons. The number of carbonyl (C=O) groups is 1. The van der Waals surface area contributed by atoms with Crippen LogP contribution in [0.3, 0.4) is 0 Å². The van der Waals surface area contributed by atoms with Crippen LogP contribution in [-0.4, -0.2) is 17.5 Å². The zero-order valence-electron chi connectivity index (χ0n) is 19.5. The van der Waals surface area contributed by atoms with Crippen molar-refractivity contribution in [1.82, 2.24) is 4.98 Å². The molecule has 0 fully saturated rings. The van der Waals surface area contributed by atoms with E-state index in [4.69, 9.17) is 0 Å². The lowest BCUT2D eigenvalue weighted by molar-refractivity contribution is -0.141. The maximum atomic E-state index is 13.6. The summed E-state index contributed by atoms with van der Waals surface area (Å²) in [5.74, 6) is -0.371. The molecule has 1 unspecified atom stereocenters. The van der Waals surface area contributed by atoms with E-state index >= 15 is 0 Å². The molecule has 0 aliphatic carbocycles. The summed E-state index contributed by atoms with van der Waals surface area (Å²) < 4.78 is 69.7. The summed E-state index contributed by atoms with van der Waals surface area (Å²) in [5, 5.41) is 0. The van der Waals surface area contributed by atoms with Crippen LogP contribution in [-0.2, 0) is 16.4 Å². The molecule has 0 radical (unpaired) electrons. The van der Waals surface area contributed by atoms with E-state index in [-0.39, 0.29) is 23.8 Å². The number of carbonyl (C=O) groups excluding carboxylic acids is 1. The Bertz CT molecular complexity index is 1270. The monoisotopic (exact) mass is 502 g/mol. The molecule has 3 aromatic rings. The third kappa shape index (κ3) is 5.40. The van der Waals surface area contributed by atoms with Gasteiger partial charge in [0.05, 0.1) is 6.04 Å². The molecule has 2 aromatic carbocycles. The number of pyridine rings is 1. The van der Waals surface area contributed by atoms with Crippen LogP contribution in [0, 0.1) is 0 Å². The molecule has 36 heavy (non-hydrogen) atoms. The summed E-state index contributed by atoms with van der Waals surface area (Å²) in [4.78, 5) is 18.9. The molecule has 0 spiro atoms. The van der Waals surface area contributed by atoms with Crippen LogP contribution in [0.4, 0.5) is 27.6 Å². The molecule has 0 bridgehead atoms. The van der Waals surface area contributed by atoms with Crippen molar-refractivity contribution in [2.45, 2.75) is 44.5 Å². The highest BCUT2D eigenvalue weighted by molar-refractivity contribution is 6.09. The fourth-order valence-electron chi connectivity index (χ4n) is 4.27. The maximum absolute atomic E-state index is 13.6. The summed E-state index contributed by atoms with van der Waals surface area (Å²) in [7, 11) is 0. The van der Waals surface area contributed by atoms with Gasteiger partial charge in [0.25, 0.3) is 5.91 Å². The fourth-order valence-corrected chi connectivity index (χ4v) is 4.27. The standard InChI is InChI=1S/C27H23F5N2O2/c1-26(2,22-12-7-13-23(33-22)27(30,31)32)16-18-15-21(17-8-6-11-20(14-17)36-25(28)29)34(24(18)35)19-9-4-3-5-10-19/h3-15,21,25H,16H2,1-2H3. The van der Waals surface area contributed by atoms with Gasteiger partial charge in [0, 0.05) is 22.4 Å². The van der Waals surface area contributed by atoms with E-state index in [0.717, 1.165) is 6.07 Å². The van der Waals surface area contributed by atoms with Crippen molar-refractivity contribution in [2.24, 2.45) is 0 Å². The van der Waals surface area contributed by atoms with Gasteiger partial charge < -0.3 is 4.74 Å². The van der Waals surface area contributed by atoms with Crippen molar-refractivity contribution in [1.29, 1.82) is 0 Å². The molecule has 1 aromatic heterocycles. The number of hydrogen-bond acceptors (Lipinski definition) is 3. The second-order valence-corrected chi connectivity index (χ2v) is 9.06. The zero-order valence-corrected chi connectivity index (χ0v) is 19.5. The Hall–Kier alpha value is -3.75. The van der Waals surface area contributed by atoms with Crippen LogP contribution in [0.25, 0.3) is 0 Å². The van der Waals surface area contributed by atoms with Crippen LogP contribution < -0.4 is 9.64 Å². The van der Waals surface area contributed by atoms with Crippen molar-refractivity contribution >= 4 is 11.6 Å². The molecule has 2 heterocycles. The Morgan fingerprint density at radius 1 is 0.944 bits per heavy atom. The molecule has 4 rings (SSSR count). The minimum Gasteiger partial charge on any atom is -0.435 e. The van der Waals surface area contributed by atoms with E-state index in [0.29, 0.717) is 16.8 Å². The maximum Gasteiger partial charge on any atom is 0.433 e. The Balaban J connectivity index is 1.71. The smallest absolute Gasteiger partial charge is 0.433 e. The molecule has 1 atom stereocenters. The molecule has 1 amide bonds. The average Bonchev–Trinajstić information content (AvgIpc) is 3.14. The molecule has 9 heteroatoms. The first-order valence-electron chi connectivity index (χ1n) is 11.1. The summed E-state index contributed by atoms with van der Waals surface area (Å²) in [6.07, 6.45) is -2.76. The average molecular weight is 502 g/mol. The number of amides is 1. The molecule has 1 aliphatic rings. The lowest BCUT2D eigenvalue weighted by atomic mass is 9.81. The zero-order chi connectivity index (χ0) is 26.1. The first-order valence-corrected chi connectivity index (χ1v) is 11.1. The first kappa shape index (κ1) is 25.3. The second-order valence-electron chi connectivity index (χ2n) is 9.06. The summed E-state index contributed by atoms with van der Waals surface area (Å²) >= 11 is 0. The van der Waals surface area contributed by atoms with Crippen LogP contribution in [0.2, 0.25) is 0 Å². The minimum atomic E-state index is -4.59. The van der Waals surface area contributed by atoms with E-state index in [1.807, 2.05) is 0 Å². The Labute approximate surface area is 205 Å². The van der Waals surface area contributed by atoms with Gasteiger partial charge in [-0.25, -0.2) is 4.98 Å². The largest absolute Gasteiger partial charge is 0.435 e. The van der Waals surface area contributed by atoms with Crippen molar-refractivity contribution in [3.8, 4) is 5.75 Å². The number of aromatic nitrogens is 1. The van der Waals surface area contributed by atoms with Gasteiger partial charge in [-0.1, -0.05) is 50.2 Å². The van der Waals surface area contributed by atoms with Crippen LogP contribution in [0.1, 0.15) is 43.3 Å². The van der Waals surface area contributed by atoms with Gasteiger partial charge in [-0.05, 0) is 54.5 Å². The minimum absolute atomic E-state index is 0.0432. The molecule has 0 saturated carbocycles. The summed E-state index contributed by atoms with van der Waals surface area (Å²) in [6.45, 7) is 0.449. The number of anilines is 1. The van der Waals surface area contributed by atoms with Crippen molar-refractivity contribution in [2.75, 3.05) is 4.90 Å². The van der Waals surface area contributed by atoms with Crippen molar-refractivity contribution < 1.29 is 31.5 Å². The second kappa shape index (κ2) is 9.72. The summed E-state index contributed by atoms with van der Waals surface area (Å²) in [6, 6.07) is 18.0. The highest BCUT2D eigenvalue weighted by Gasteiger charge is 2.39. The fraction of sp³-hybridized carbons (Fsp3) is 0.259. The van der Waals surface area contributed by atoms with Gasteiger partial charge in [-0.3, -0.25) is 9.69 Å². The van der Waals surface area contributed by atoms with E-state index < -0.39 is 29.9 Å². The van der Waals surface area contributed by atoms with Crippen molar-refractivity contribution in [3.05, 3.63) is 101 Å². The highest BCUT2D eigenvalue weighted by Crippen LogP contribution is 2.41. The van der Waals surface area contributed by atoms with Gasteiger partial charge in [0.2, 0.25) is 0 Å². The highest BCUT2D eigenvalue weighted by atomic mass is 19.4. The third-order valence-electron chi connectivity index (χ3n) is 5.96. The quantitative estimate of drug-likeness (QED) is 0.324. The third-order valence-corrected chi connectivity index (χ3v) is 5.96. The van der Waals surface area contributed by atoms with Crippen LogP contribution in [0.5, 0.6) is 5.75 Å². The van der Waals surface area contributed by atoms with Gasteiger partial charge in [0.1, 0.15) is 11.4 Å². The Morgan fingerprint density at radius 2 is 1.61 bits per heavy atom. The van der Waals surface area contributed by atoms with Gasteiger partial charge in [-0.15, -0.1) is 0 Å². The predicted octanol–water partition coefficient (Wildman–Crippen LogP) is 7.08. The van der Waals surface area contributed by atoms with Crippen molar-refractivity contribution in [3.63, 3.8) is 0 Å². The number of rotatable bonds is 7. The molecular weight excluding hydrogens is 479 g/mol. The number of halogens is 5. The van der Waals surface area contributed by atoms with Crippen LogP contribution >= 0.6 is 0 Å². The van der Waals surface area contributed by atoms with E-state index in [1.54, 1.807) is 62.4 Å². The normalized spacial score (nSPS) is 16.4. The number of para-hydroxylation sites is 1. The topological polar surface area (TPSA) is 42.4 Å². The van der Waals surface area contributed by atoms with Crippen LogP contribution in [0.15, 0.2) is 84.4 Å². The molecule has 0 saturated heterocycles. The predicted molar refractivity (Wildman–Crippen MR) is 125 cm³/mol. The van der Waals surface area contributed by atoms with E-state index in [2.05, 4.69) is 9.72 Å². The lowest BCUT2D eigenvalue weighted by Crippen LogP contribution is -2.31. The Morgan fingerprint density at radius 3 is 2.28 bits per heavy atom. The van der Waals surface area contributed by atoms with E-state index in [1.165, 1.54) is 29.2 Å². The number of ether oxygens (including phenoxy) is 1. The number of benzene rings is 2. The SMILES string of the molecule is CC(C)(CC1=CC(c2cccc(OC(F)F)c2)N(c2ccccc2)C1=O)c1cccc(C(F)(F)F)n1. The van der Waals surface area contributed by atoms with Gasteiger partial charge in [-0.2, -0.15) is 22.0 Å². The molecule has 4 nitrogen and oxygen atoms in total. The van der Waals surface area contributed by atoms with Gasteiger partial charge >= 0.3 is 12.8 Å². The van der Waals surface area contributed by atoms with Gasteiger partial charge in [0.15, 0.2) is 0 Å². The Kier molecular flexibility index (Phi) is 6.84. The molecular formula is C27H23F5N2O2. The first-order chi connectivity index (χ1) is 17.0. The molecule has 1 aliphatic heterocycles. The van der Waals surface area contributed by atoms with E-state index in [9.17, 15) is 26.7 Å². The number of alkyl halides is 5. The number of nitrogens with zero attached hydrogens (tertiary/aromatic N) is 2. The summed E-state index contributed by atoms with van der Waals surface area (Å²) in [5.41, 5.74) is -0.175.